The van der Waals surface area contributed by atoms with E-state index in [4.69, 9.17) is 0 Å². The van der Waals surface area contributed by atoms with Crippen LogP contribution in [0.15, 0.2) is 23.3 Å². The minimum atomic E-state index is 0.0365. The molecule has 4 rings (SSSR count). The van der Waals surface area contributed by atoms with Crippen LogP contribution in [0, 0.1) is 6.92 Å². The SMILES string of the molecule is Cc1nccnc1N1CCN(CCn2nc3c(cc2=O)CCC3)CC1. The highest BCUT2D eigenvalue weighted by molar-refractivity contribution is 5.42. The predicted octanol–water partition coefficient (Wildman–Crippen LogP) is 0.653. The Labute approximate surface area is 147 Å². The summed E-state index contributed by atoms with van der Waals surface area (Å²) in [5.74, 6) is 0.985. The normalized spacial score (nSPS) is 17.7. The first-order valence-corrected chi connectivity index (χ1v) is 9.05. The monoisotopic (exact) mass is 340 g/mol. The second kappa shape index (κ2) is 6.92. The Morgan fingerprint density at radius 3 is 2.64 bits per heavy atom. The summed E-state index contributed by atoms with van der Waals surface area (Å²) < 4.78 is 1.64. The Hall–Kier alpha value is -2.28. The van der Waals surface area contributed by atoms with Gasteiger partial charge in [0.05, 0.1) is 17.9 Å². The van der Waals surface area contributed by atoms with Crippen molar-refractivity contribution in [1.29, 1.82) is 0 Å². The van der Waals surface area contributed by atoms with Gasteiger partial charge in [0.1, 0.15) is 5.82 Å². The molecular weight excluding hydrogens is 316 g/mol. The van der Waals surface area contributed by atoms with Crippen molar-refractivity contribution in [3.8, 4) is 0 Å². The van der Waals surface area contributed by atoms with Gasteiger partial charge >= 0.3 is 0 Å². The van der Waals surface area contributed by atoms with Crippen LogP contribution in [0.25, 0.3) is 0 Å². The summed E-state index contributed by atoms with van der Waals surface area (Å²) in [6.07, 6.45) is 6.61. The molecule has 3 heterocycles. The lowest BCUT2D eigenvalue weighted by Crippen LogP contribution is -2.48. The summed E-state index contributed by atoms with van der Waals surface area (Å²) >= 11 is 0. The van der Waals surface area contributed by atoms with Gasteiger partial charge in [-0.15, -0.1) is 0 Å². The van der Waals surface area contributed by atoms with Gasteiger partial charge < -0.3 is 4.90 Å². The van der Waals surface area contributed by atoms with Crippen molar-refractivity contribution in [3.63, 3.8) is 0 Å². The zero-order chi connectivity index (χ0) is 17.2. The Balaban J connectivity index is 1.34. The van der Waals surface area contributed by atoms with Crippen molar-refractivity contribution >= 4 is 5.82 Å². The van der Waals surface area contributed by atoms with Gasteiger partial charge in [-0.05, 0) is 31.7 Å². The molecule has 2 aromatic rings. The summed E-state index contributed by atoms with van der Waals surface area (Å²) in [6, 6.07) is 1.78. The van der Waals surface area contributed by atoms with Gasteiger partial charge in [-0.1, -0.05) is 0 Å². The fraction of sp³-hybridized carbons (Fsp3) is 0.556. The second-order valence-electron chi connectivity index (χ2n) is 6.83. The molecule has 0 unspecified atom stereocenters. The standard InChI is InChI=1S/C18H24N6O/c1-14-18(20-6-5-19-14)23-10-7-22(8-11-23)9-12-24-17(25)13-15-3-2-4-16(15)21-24/h5-6,13H,2-4,7-12H2,1H3. The number of rotatable bonds is 4. The Kier molecular flexibility index (Phi) is 4.48. The second-order valence-corrected chi connectivity index (χ2v) is 6.83. The lowest BCUT2D eigenvalue weighted by atomic mass is 10.2. The molecule has 132 valence electrons. The number of nitrogens with zero attached hydrogens (tertiary/aromatic N) is 6. The first-order chi connectivity index (χ1) is 12.2. The van der Waals surface area contributed by atoms with Gasteiger partial charge in [-0.25, -0.2) is 9.67 Å². The highest BCUT2D eigenvalue weighted by atomic mass is 16.1. The Bertz CT molecular complexity index is 809. The number of fused-ring (bicyclic) bond motifs is 1. The predicted molar refractivity (Wildman–Crippen MR) is 95.9 cm³/mol. The van der Waals surface area contributed by atoms with Crippen molar-refractivity contribution in [2.45, 2.75) is 32.7 Å². The third-order valence-corrected chi connectivity index (χ3v) is 5.18. The Morgan fingerprint density at radius 2 is 1.84 bits per heavy atom. The maximum absolute atomic E-state index is 12.2. The molecule has 0 saturated carbocycles. The van der Waals surface area contributed by atoms with Crippen molar-refractivity contribution in [2.75, 3.05) is 37.6 Å². The van der Waals surface area contributed by atoms with E-state index in [1.165, 1.54) is 0 Å². The number of hydrogen-bond donors (Lipinski definition) is 0. The van der Waals surface area contributed by atoms with Gasteiger partial charge in [0.15, 0.2) is 0 Å². The fourth-order valence-corrected chi connectivity index (χ4v) is 3.73. The summed E-state index contributed by atoms with van der Waals surface area (Å²) in [5, 5.41) is 4.56. The molecule has 2 aliphatic rings. The van der Waals surface area contributed by atoms with Crippen LogP contribution >= 0.6 is 0 Å². The zero-order valence-corrected chi connectivity index (χ0v) is 14.7. The van der Waals surface area contributed by atoms with Crippen molar-refractivity contribution in [3.05, 3.63) is 45.8 Å². The van der Waals surface area contributed by atoms with Gasteiger partial charge in [0, 0.05) is 51.2 Å². The first kappa shape index (κ1) is 16.2. The molecule has 25 heavy (non-hydrogen) atoms. The van der Waals surface area contributed by atoms with Crippen molar-refractivity contribution < 1.29 is 0 Å². The highest BCUT2D eigenvalue weighted by Crippen LogP contribution is 2.17. The van der Waals surface area contributed by atoms with E-state index in [0.717, 1.165) is 74.8 Å². The van der Waals surface area contributed by atoms with Gasteiger partial charge in [0.2, 0.25) is 0 Å². The van der Waals surface area contributed by atoms with Crippen LogP contribution in [0.1, 0.15) is 23.4 Å². The summed E-state index contributed by atoms with van der Waals surface area (Å²) in [5.41, 5.74) is 3.27. The van der Waals surface area contributed by atoms with Crippen LogP contribution in [0.2, 0.25) is 0 Å². The molecule has 0 spiro atoms. The highest BCUT2D eigenvalue weighted by Gasteiger charge is 2.20. The van der Waals surface area contributed by atoms with E-state index in [0.29, 0.717) is 6.54 Å². The summed E-state index contributed by atoms with van der Waals surface area (Å²) in [6.45, 7) is 7.33. The molecule has 1 aliphatic heterocycles. The van der Waals surface area contributed by atoms with Crippen LogP contribution in [0.4, 0.5) is 5.82 Å². The van der Waals surface area contributed by atoms with Gasteiger partial charge in [-0.3, -0.25) is 14.7 Å². The van der Waals surface area contributed by atoms with E-state index in [-0.39, 0.29) is 5.56 Å². The lowest BCUT2D eigenvalue weighted by Gasteiger charge is -2.35. The van der Waals surface area contributed by atoms with Gasteiger partial charge in [-0.2, -0.15) is 5.10 Å². The molecule has 0 N–H and O–H groups in total. The molecule has 1 saturated heterocycles. The third kappa shape index (κ3) is 3.42. The fourth-order valence-electron chi connectivity index (χ4n) is 3.73. The van der Waals surface area contributed by atoms with E-state index in [2.05, 4.69) is 24.9 Å². The smallest absolute Gasteiger partial charge is 0.267 e. The van der Waals surface area contributed by atoms with E-state index >= 15 is 0 Å². The number of anilines is 1. The number of hydrogen-bond acceptors (Lipinski definition) is 6. The van der Waals surface area contributed by atoms with Crippen LogP contribution in [0.5, 0.6) is 0 Å². The number of piperazine rings is 1. The quantitative estimate of drug-likeness (QED) is 0.814. The van der Waals surface area contributed by atoms with Gasteiger partial charge in [0.25, 0.3) is 5.56 Å². The molecule has 7 nitrogen and oxygen atoms in total. The maximum atomic E-state index is 12.2. The van der Waals surface area contributed by atoms with Crippen LogP contribution in [-0.2, 0) is 19.4 Å². The zero-order valence-electron chi connectivity index (χ0n) is 14.7. The molecule has 7 heteroatoms. The molecule has 0 radical (unpaired) electrons. The van der Waals surface area contributed by atoms with E-state index < -0.39 is 0 Å². The first-order valence-electron chi connectivity index (χ1n) is 9.05. The minimum absolute atomic E-state index is 0.0365. The molecule has 0 amide bonds. The summed E-state index contributed by atoms with van der Waals surface area (Å²) in [4.78, 5) is 25.6. The number of aromatic nitrogens is 4. The maximum Gasteiger partial charge on any atom is 0.267 e. The molecule has 2 aromatic heterocycles. The van der Waals surface area contributed by atoms with E-state index in [1.54, 1.807) is 23.1 Å². The van der Waals surface area contributed by atoms with E-state index in [1.807, 2.05) is 6.92 Å². The van der Waals surface area contributed by atoms with E-state index in [9.17, 15) is 4.79 Å². The van der Waals surface area contributed by atoms with Crippen LogP contribution in [0.3, 0.4) is 0 Å². The van der Waals surface area contributed by atoms with Crippen LogP contribution < -0.4 is 10.5 Å². The molecule has 0 bridgehead atoms. The average molecular weight is 340 g/mol. The topological polar surface area (TPSA) is 67.2 Å². The van der Waals surface area contributed by atoms with Crippen LogP contribution in [-0.4, -0.2) is 57.4 Å². The van der Waals surface area contributed by atoms with Crippen molar-refractivity contribution in [1.82, 2.24) is 24.6 Å². The van der Waals surface area contributed by atoms with Crippen molar-refractivity contribution in [2.24, 2.45) is 0 Å². The third-order valence-electron chi connectivity index (χ3n) is 5.18. The molecular formula is C18H24N6O. The lowest BCUT2D eigenvalue weighted by molar-refractivity contribution is 0.242. The largest absolute Gasteiger partial charge is 0.353 e. The molecule has 0 aromatic carbocycles. The minimum Gasteiger partial charge on any atom is -0.353 e. The molecule has 1 fully saturated rings. The number of aryl methyl sites for hydroxylation is 3. The Morgan fingerprint density at radius 1 is 1.04 bits per heavy atom. The molecule has 1 aliphatic carbocycles. The molecule has 0 atom stereocenters. The summed E-state index contributed by atoms with van der Waals surface area (Å²) in [7, 11) is 0. The average Bonchev–Trinajstić information content (AvgIpc) is 3.08.